The highest BCUT2D eigenvalue weighted by atomic mass is 79.9. The standard InChI is InChI=1S/C21H17BrN2O5S/c22-16-7-3-1-5-13(16)11-28-17-8-4-2-6-14(17)21(27)29-12-18(25)24-20-15(19(23)26)9-10-30-20/h1-10H,11-12H2,(H2,23,26)(H,24,25). The molecule has 0 saturated carbocycles. The lowest BCUT2D eigenvalue weighted by atomic mass is 10.2. The average molecular weight is 489 g/mol. The van der Waals surface area contributed by atoms with Crippen LogP contribution < -0.4 is 15.8 Å². The predicted molar refractivity (Wildman–Crippen MR) is 117 cm³/mol. The normalized spacial score (nSPS) is 10.3. The Morgan fingerprint density at radius 3 is 2.50 bits per heavy atom. The molecule has 0 radical (unpaired) electrons. The number of rotatable bonds is 8. The second-order valence-corrected chi connectivity index (χ2v) is 7.80. The molecule has 1 aromatic heterocycles. The molecule has 3 rings (SSSR count). The van der Waals surface area contributed by atoms with Crippen molar-refractivity contribution >= 4 is 50.1 Å². The fourth-order valence-electron chi connectivity index (χ4n) is 2.50. The molecule has 0 aliphatic carbocycles. The molecule has 9 heteroatoms. The molecule has 30 heavy (non-hydrogen) atoms. The van der Waals surface area contributed by atoms with Gasteiger partial charge < -0.3 is 20.5 Å². The summed E-state index contributed by atoms with van der Waals surface area (Å²) < 4.78 is 11.8. The lowest BCUT2D eigenvalue weighted by Gasteiger charge is -2.12. The van der Waals surface area contributed by atoms with E-state index in [1.165, 1.54) is 6.07 Å². The maximum Gasteiger partial charge on any atom is 0.342 e. The number of hydrogen-bond donors (Lipinski definition) is 2. The van der Waals surface area contributed by atoms with E-state index in [0.29, 0.717) is 10.8 Å². The second-order valence-electron chi connectivity index (χ2n) is 6.03. The van der Waals surface area contributed by atoms with Crippen molar-refractivity contribution in [2.45, 2.75) is 6.61 Å². The summed E-state index contributed by atoms with van der Waals surface area (Å²) in [4.78, 5) is 35.9. The van der Waals surface area contributed by atoms with Gasteiger partial charge in [0.15, 0.2) is 6.61 Å². The van der Waals surface area contributed by atoms with Gasteiger partial charge in [-0.2, -0.15) is 0 Å². The maximum absolute atomic E-state index is 12.5. The zero-order valence-electron chi connectivity index (χ0n) is 15.6. The first-order valence-electron chi connectivity index (χ1n) is 8.75. The highest BCUT2D eigenvalue weighted by Gasteiger charge is 2.17. The number of anilines is 1. The fourth-order valence-corrected chi connectivity index (χ4v) is 3.71. The van der Waals surface area contributed by atoms with Gasteiger partial charge in [-0.25, -0.2) is 4.79 Å². The van der Waals surface area contributed by atoms with Crippen LogP contribution in [0.1, 0.15) is 26.3 Å². The first-order chi connectivity index (χ1) is 14.5. The Bertz CT molecular complexity index is 1080. The van der Waals surface area contributed by atoms with E-state index >= 15 is 0 Å². The van der Waals surface area contributed by atoms with Crippen molar-refractivity contribution in [3.8, 4) is 5.75 Å². The van der Waals surface area contributed by atoms with E-state index in [9.17, 15) is 14.4 Å². The Morgan fingerprint density at radius 2 is 1.73 bits per heavy atom. The maximum atomic E-state index is 12.5. The van der Waals surface area contributed by atoms with Gasteiger partial charge in [-0.15, -0.1) is 11.3 Å². The third kappa shape index (κ3) is 5.46. The van der Waals surface area contributed by atoms with Gasteiger partial charge in [0, 0.05) is 10.0 Å². The number of halogens is 1. The van der Waals surface area contributed by atoms with Crippen molar-refractivity contribution in [3.05, 3.63) is 81.1 Å². The number of hydrogen-bond acceptors (Lipinski definition) is 6. The molecule has 0 spiro atoms. The molecule has 0 fully saturated rings. The topological polar surface area (TPSA) is 108 Å². The molecular formula is C21H17BrN2O5S. The first-order valence-corrected chi connectivity index (χ1v) is 10.4. The number of para-hydroxylation sites is 1. The van der Waals surface area contributed by atoms with Gasteiger partial charge in [0.25, 0.3) is 11.8 Å². The van der Waals surface area contributed by atoms with Crippen molar-refractivity contribution in [1.82, 2.24) is 0 Å². The Morgan fingerprint density at radius 1 is 1.00 bits per heavy atom. The minimum Gasteiger partial charge on any atom is -0.488 e. The Hall–Kier alpha value is -3.17. The van der Waals surface area contributed by atoms with Crippen LogP contribution in [0.5, 0.6) is 5.75 Å². The molecule has 154 valence electrons. The van der Waals surface area contributed by atoms with Crippen LogP contribution in [0.15, 0.2) is 64.5 Å². The van der Waals surface area contributed by atoms with Gasteiger partial charge >= 0.3 is 5.97 Å². The Labute approximate surface area is 184 Å². The van der Waals surface area contributed by atoms with Crippen LogP contribution in [0, 0.1) is 0 Å². The number of nitrogens with one attached hydrogen (secondary N) is 1. The lowest BCUT2D eigenvalue weighted by molar-refractivity contribution is -0.119. The summed E-state index contributed by atoms with van der Waals surface area (Å²) >= 11 is 4.60. The summed E-state index contributed by atoms with van der Waals surface area (Å²) in [5.41, 5.74) is 6.56. The van der Waals surface area contributed by atoms with E-state index in [1.54, 1.807) is 29.6 Å². The van der Waals surface area contributed by atoms with E-state index in [-0.39, 0.29) is 17.7 Å². The van der Waals surface area contributed by atoms with E-state index < -0.39 is 24.4 Å². The first kappa shape index (κ1) is 21.5. The summed E-state index contributed by atoms with van der Waals surface area (Å²) in [5.74, 6) is -1.60. The zero-order chi connectivity index (χ0) is 21.5. The zero-order valence-corrected chi connectivity index (χ0v) is 18.0. The van der Waals surface area contributed by atoms with Crippen molar-refractivity contribution in [2.75, 3.05) is 11.9 Å². The monoisotopic (exact) mass is 488 g/mol. The SMILES string of the molecule is NC(=O)c1ccsc1NC(=O)COC(=O)c1ccccc1OCc1ccccc1Br. The second kappa shape index (κ2) is 10.0. The van der Waals surface area contributed by atoms with E-state index in [2.05, 4.69) is 21.2 Å². The van der Waals surface area contributed by atoms with Gasteiger partial charge in [-0.3, -0.25) is 9.59 Å². The molecule has 0 aliphatic heterocycles. The molecular weight excluding hydrogens is 472 g/mol. The summed E-state index contributed by atoms with van der Waals surface area (Å²) in [6.45, 7) is -0.270. The van der Waals surface area contributed by atoms with Crippen LogP contribution in [-0.2, 0) is 16.1 Å². The summed E-state index contributed by atoms with van der Waals surface area (Å²) in [6.07, 6.45) is 0. The Kier molecular flexibility index (Phi) is 7.21. The molecule has 0 aliphatic rings. The molecule has 7 nitrogen and oxygen atoms in total. The minimum atomic E-state index is -0.700. The van der Waals surface area contributed by atoms with Crippen LogP contribution in [0.3, 0.4) is 0 Å². The molecule has 0 atom stereocenters. The molecule has 1 heterocycles. The number of carbonyl (C=O) groups excluding carboxylic acids is 3. The third-order valence-electron chi connectivity index (χ3n) is 3.97. The summed E-state index contributed by atoms with van der Waals surface area (Å²) in [5, 5.41) is 4.44. The smallest absolute Gasteiger partial charge is 0.342 e. The number of amides is 2. The van der Waals surface area contributed by atoms with Gasteiger partial charge in [0.2, 0.25) is 0 Å². The van der Waals surface area contributed by atoms with Crippen LogP contribution in [-0.4, -0.2) is 24.4 Å². The Balaban J connectivity index is 1.60. The molecule has 0 unspecified atom stereocenters. The third-order valence-corrected chi connectivity index (χ3v) is 5.57. The number of esters is 1. The van der Waals surface area contributed by atoms with Gasteiger partial charge in [-0.1, -0.05) is 46.3 Å². The number of thiophene rings is 1. The summed E-state index contributed by atoms with van der Waals surface area (Å²) in [6, 6.07) is 15.7. The minimum absolute atomic E-state index is 0.200. The van der Waals surface area contributed by atoms with E-state index in [0.717, 1.165) is 21.4 Å². The van der Waals surface area contributed by atoms with Crippen LogP contribution in [0.2, 0.25) is 0 Å². The number of nitrogens with two attached hydrogens (primary N) is 1. The van der Waals surface area contributed by atoms with Gasteiger partial charge in [0.05, 0.1) is 5.56 Å². The lowest BCUT2D eigenvalue weighted by Crippen LogP contribution is -2.22. The molecule has 0 bridgehead atoms. The highest BCUT2D eigenvalue weighted by Crippen LogP contribution is 2.24. The van der Waals surface area contributed by atoms with E-state index in [1.807, 2.05) is 24.3 Å². The highest BCUT2D eigenvalue weighted by molar-refractivity contribution is 9.10. The van der Waals surface area contributed by atoms with Crippen molar-refractivity contribution in [1.29, 1.82) is 0 Å². The molecule has 3 N–H and O–H groups in total. The average Bonchev–Trinajstić information content (AvgIpc) is 3.20. The fraction of sp³-hybridized carbons (Fsp3) is 0.0952. The van der Waals surface area contributed by atoms with Crippen LogP contribution >= 0.6 is 27.3 Å². The number of ether oxygens (including phenoxy) is 2. The molecule has 2 aromatic carbocycles. The van der Waals surface area contributed by atoms with Gasteiger partial charge in [0.1, 0.15) is 22.9 Å². The van der Waals surface area contributed by atoms with Crippen molar-refractivity contribution in [2.24, 2.45) is 5.73 Å². The van der Waals surface area contributed by atoms with Crippen molar-refractivity contribution < 1.29 is 23.9 Å². The van der Waals surface area contributed by atoms with Crippen LogP contribution in [0.4, 0.5) is 5.00 Å². The predicted octanol–water partition coefficient (Wildman–Crippen LogP) is 3.98. The van der Waals surface area contributed by atoms with Crippen LogP contribution in [0.25, 0.3) is 0 Å². The van der Waals surface area contributed by atoms with Gasteiger partial charge in [-0.05, 0) is 29.6 Å². The largest absolute Gasteiger partial charge is 0.488 e. The summed E-state index contributed by atoms with van der Waals surface area (Å²) in [7, 11) is 0. The number of primary amides is 1. The molecule has 3 aromatic rings. The van der Waals surface area contributed by atoms with E-state index in [4.69, 9.17) is 15.2 Å². The number of carbonyl (C=O) groups is 3. The molecule has 2 amide bonds. The van der Waals surface area contributed by atoms with Crippen molar-refractivity contribution in [3.63, 3.8) is 0 Å². The number of benzene rings is 2. The molecule has 0 saturated heterocycles. The quantitative estimate of drug-likeness (QED) is 0.466.